The summed E-state index contributed by atoms with van der Waals surface area (Å²) in [6.45, 7) is 1.66. The van der Waals surface area contributed by atoms with Crippen molar-refractivity contribution in [1.29, 1.82) is 0 Å². The van der Waals surface area contributed by atoms with Crippen LogP contribution in [0, 0.1) is 5.92 Å². The monoisotopic (exact) mass is 581 g/mol. The van der Waals surface area contributed by atoms with Crippen molar-refractivity contribution in [3.05, 3.63) is 41.8 Å². The lowest BCUT2D eigenvalue weighted by atomic mass is 9.83. The van der Waals surface area contributed by atoms with Crippen LogP contribution in [0.5, 0.6) is 0 Å². The number of rotatable bonds is 9. The molecule has 0 radical (unpaired) electrons. The van der Waals surface area contributed by atoms with E-state index in [9.17, 15) is 27.2 Å². The number of carbonyl (C=O) groups excluding carboxylic acids is 2. The Morgan fingerprint density at radius 3 is 2.68 bits per heavy atom. The van der Waals surface area contributed by atoms with Crippen LogP contribution in [0.2, 0.25) is 0 Å². The Balaban J connectivity index is 1.45. The Hall–Kier alpha value is -3.75. The topological polar surface area (TPSA) is 127 Å². The van der Waals surface area contributed by atoms with E-state index in [-0.39, 0.29) is 24.2 Å². The van der Waals surface area contributed by atoms with Crippen LogP contribution in [-0.2, 0) is 11.3 Å². The predicted molar refractivity (Wildman–Crippen MR) is 136 cm³/mol. The summed E-state index contributed by atoms with van der Waals surface area (Å²) < 4.78 is 66.6. The summed E-state index contributed by atoms with van der Waals surface area (Å²) in [5.41, 5.74) is 1.28. The molecule has 1 saturated heterocycles. The van der Waals surface area contributed by atoms with Crippen molar-refractivity contribution >= 4 is 23.0 Å². The van der Waals surface area contributed by atoms with E-state index >= 15 is 0 Å². The summed E-state index contributed by atoms with van der Waals surface area (Å²) in [5, 5.41) is 8.98. The third-order valence-corrected chi connectivity index (χ3v) is 7.69. The number of nitrogens with zero attached hydrogens (tertiary/aromatic N) is 5. The van der Waals surface area contributed by atoms with Gasteiger partial charge in [0.05, 0.1) is 19.2 Å². The van der Waals surface area contributed by atoms with Gasteiger partial charge in [-0.1, -0.05) is 6.07 Å². The fourth-order valence-corrected chi connectivity index (χ4v) is 5.51. The number of oxazole rings is 1. The lowest BCUT2D eigenvalue weighted by Gasteiger charge is -2.30. The van der Waals surface area contributed by atoms with Gasteiger partial charge in [0.15, 0.2) is 5.58 Å². The molecule has 3 unspecified atom stereocenters. The Labute approximate surface area is 232 Å². The molecule has 2 aromatic heterocycles. The van der Waals surface area contributed by atoms with Gasteiger partial charge >= 0.3 is 12.2 Å². The molecule has 15 heteroatoms. The molecule has 11 nitrogen and oxygen atoms in total. The van der Waals surface area contributed by atoms with Crippen LogP contribution in [-0.4, -0.2) is 75.2 Å². The van der Waals surface area contributed by atoms with Gasteiger partial charge in [-0.05, 0) is 56.2 Å². The first-order valence-corrected chi connectivity index (χ1v) is 13.4. The smallest absolute Gasteiger partial charge is 0.410 e. The highest BCUT2D eigenvalue weighted by atomic mass is 19.4. The molecular weight excluding hydrogens is 550 g/mol. The molecule has 1 aromatic carbocycles. The van der Waals surface area contributed by atoms with Gasteiger partial charge in [0.2, 0.25) is 11.7 Å². The lowest BCUT2D eigenvalue weighted by Crippen LogP contribution is -2.40. The molecule has 1 aliphatic heterocycles. The number of ether oxygens (including phenoxy) is 1. The molecule has 3 amide bonds. The van der Waals surface area contributed by atoms with Crippen molar-refractivity contribution in [3.8, 4) is 0 Å². The first-order valence-electron chi connectivity index (χ1n) is 13.4. The predicted octanol–water partition coefficient (Wildman–Crippen LogP) is 4.08. The largest absolute Gasteiger partial charge is 0.438 e. The molecule has 41 heavy (non-hydrogen) atoms. The molecule has 1 saturated carbocycles. The Kier molecular flexibility index (Phi) is 8.16. The van der Waals surface area contributed by atoms with Gasteiger partial charge in [-0.15, -0.1) is 0 Å². The van der Waals surface area contributed by atoms with E-state index in [0.717, 1.165) is 4.90 Å². The maximum atomic E-state index is 13.9. The molecule has 5 rings (SSSR count). The van der Waals surface area contributed by atoms with Crippen molar-refractivity contribution < 1.29 is 36.3 Å². The van der Waals surface area contributed by atoms with Crippen molar-refractivity contribution in [1.82, 2.24) is 35.3 Å². The molecule has 3 atom stereocenters. The maximum absolute atomic E-state index is 13.9. The first-order chi connectivity index (χ1) is 19.6. The second-order valence-electron chi connectivity index (χ2n) is 10.3. The van der Waals surface area contributed by atoms with Gasteiger partial charge in [0.25, 0.3) is 5.91 Å². The van der Waals surface area contributed by atoms with Gasteiger partial charge in [-0.2, -0.15) is 18.3 Å². The average molecular weight is 582 g/mol. The third kappa shape index (κ3) is 5.99. The molecule has 0 bridgehead atoms. The van der Waals surface area contributed by atoms with Crippen LogP contribution in [0.25, 0.3) is 11.1 Å². The van der Waals surface area contributed by atoms with Gasteiger partial charge in [0.1, 0.15) is 30.1 Å². The summed E-state index contributed by atoms with van der Waals surface area (Å²) in [6, 6.07) is 0.559. The minimum atomic E-state index is -4.59. The number of aromatic nitrogens is 4. The number of halogens is 4. The van der Waals surface area contributed by atoms with Crippen LogP contribution >= 0.6 is 0 Å². The maximum Gasteiger partial charge on any atom is 0.410 e. The van der Waals surface area contributed by atoms with E-state index in [1.165, 1.54) is 18.1 Å². The first kappa shape index (κ1) is 28.8. The molecule has 0 spiro atoms. The molecule has 2 aliphatic rings. The Morgan fingerprint density at radius 2 is 2.02 bits per heavy atom. The summed E-state index contributed by atoms with van der Waals surface area (Å²) >= 11 is 0. The Bertz CT molecular complexity index is 1390. The molecule has 1 aliphatic carbocycles. The molecule has 3 aromatic rings. The SMILES string of the molecule is CCn1ncnc1C(=O)NC(c1nc2cc(C(COC)N3CC(C(F)(F)F)NC3=O)ccc2o1)C1CCC(F)CC1. The summed E-state index contributed by atoms with van der Waals surface area (Å²) in [4.78, 5) is 35.4. The fourth-order valence-electron chi connectivity index (χ4n) is 5.51. The van der Waals surface area contributed by atoms with Gasteiger partial charge < -0.3 is 24.7 Å². The number of hydrogen-bond acceptors (Lipinski definition) is 7. The van der Waals surface area contributed by atoms with E-state index in [2.05, 4.69) is 20.4 Å². The normalized spacial score (nSPS) is 23.0. The molecular formula is C26H31F4N7O4. The summed E-state index contributed by atoms with van der Waals surface area (Å²) in [5.74, 6) is -0.280. The second-order valence-corrected chi connectivity index (χ2v) is 10.3. The quantitative estimate of drug-likeness (QED) is 0.365. The van der Waals surface area contributed by atoms with Crippen molar-refractivity contribution in [2.45, 2.75) is 69.6 Å². The highest BCUT2D eigenvalue weighted by molar-refractivity contribution is 5.90. The van der Waals surface area contributed by atoms with Crippen LogP contribution < -0.4 is 10.6 Å². The van der Waals surface area contributed by atoms with E-state index in [4.69, 9.17) is 9.15 Å². The van der Waals surface area contributed by atoms with Crippen LogP contribution in [0.4, 0.5) is 22.4 Å². The third-order valence-electron chi connectivity index (χ3n) is 7.69. The van der Waals surface area contributed by atoms with E-state index in [0.29, 0.717) is 48.9 Å². The number of benzene rings is 1. The van der Waals surface area contributed by atoms with Gasteiger partial charge in [-0.25, -0.2) is 23.8 Å². The highest BCUT2D eigenvalue weighted by Gasteiger charge is 2.48. The zero-order chi connectivity index (χ0) is 29.3. The summed E-state index contributed by atoms with van der Waals surface area (Å²) in [6.07, 6.45) is -2.48. The van der Waals surface area contributed by atoms with Crippen molar-refractivity contribution in [2.24, 2.45) is 5.92 Å². The lowest BCUT2D eigenvalue weighted by molar-refractivity contribution is -0.150. The standard InChI is InChI=1S/C26H31F4N7O4/c1-3-37-22(31-13-32-37)23(38)35-21(14-4-7-16(27)8-5-14)24-33-17-10-15(6-9-19(17)41-24)18(12-40-2)36-11-20(26(28,29)30)34-25(36)39/h6,9-10,13-14,16,18,20-21H,3-5,7-8,11-12H2,1-2H3,(H,34,39)(H,35,38). The van der Waals surface area contributed by atoms with Crippen molar-refractivity contribution in [3.63, 3.8) is 0 Å². The van der Waals surface area contributed by atoms with Gasteiger partial charge in [-0.3, -0.25) is 4.79 Å². The molecule has 2 N–H and O–H groups in total. The van der Waals surface area contributed by atoms with Crippen LogP contribution in [0.1, 0.15) is 66.8 Å². The second kappa shape index (κ2) is 11.6. The number of urea groups is 1. The molecule has 222 valence electrons. The molecule has 2 fully saturated rings. The number of hydrogen-bond donors (Lipinski definition) is 2. The number of carbonyl (C=O) groups is 2. The number of methoxy groups -OCH3 is 1. The van der Waals surface area contributed by atoms with Crippen LogP contribution in [0.15, 0.2) is 28.9 Å². The minimum absolute atomic E-state index is 0.0442. The fraction of sp³-hybridized carbons (Fsp3) is 0.577. The number of nitrogens with one attached hydrogen (secondary N) is 2. The number of aryl methyl sites for hydroxylation is 1. The zero-order valence-corrected chi connectivity index (χ0v) is 22.5. The van der Waals surface area contributed by atoms with E-state index in [1.54, 1.807) is 18.2 Å². The number of alkyl halides is 4. The van der Waals surface area contributed by atoms with Gasteiger partial charge in [0, 0.05) is 13.7 Å². The van der Waals surface area contributed by atoms with Crippen LogP contribution in [0.3, 0.4) is 0 Å². The zero-order valence-electron chi connectivity index (χ0n) is 22.5. The number of amides is 3. The average Bonchev–Trinajstić information content (AvgIpc) is 3.68. The highest BCUT2D eigenvalue weighted by Crippen LogP contribution is 2.37. The van der Waals surface area contributed by atoms with E-state index < -0.39 is 49.0 Å². The van der Waals surface area contributed by atoms with E-state index in [1.807, 2.05) is 12.2 Å². The number of fused-ring (bicyclic) bond motifs is 1. The molecule has 3 heterocycles. The Morgan fingerprint density at radius 1 is 1.27 bits per heavy atom. The van der Waals surface area contributed by atoms with Crippen molar-refractivity contribution in [2.75, 3.05) is 20.3 Å². The summed E-state index contributed by atoms with van der Waals surface area (Å²) in [7, 11) is 1.40. The minimum Gasteiger partial charge on any atom is -0.438 e.